The average Bonchev–Trinajstić information content (AvgIpc) is 3.21. The van der Waals surface area contributed by atoms with Crippen LogP contribution in [0.2, 0.25) is 0 Å². The second kappa shape index (κ2) is 6.89. The summed E-state index contributed by atoms with van der Waals surface area (Å²) >= 11 is 0. The van der Waals surface area contributed by atoms with Crippen molar-refractivity contribution < 1.29 is 9.59 Å². The topological polar surface area (TPSA) is 61.4 Å². The maximum atomic E-state index is 12.4. The molecule has 1 aromatic rings. The second-order valence-corrected chi connectivity index (χ2v) is 6.64. The van der Waals surface area contributed by atoms with Gasteiger partial charge in [-0.15, -0.1) is 12.4 Å². The molecular weight excluding hydrogens is 314 g/mol. The quantitative estimate of drug-likeness (QED) is 0.888. The molecule has 23 heavy (non-hydrogen) atoms. The lowest BCUT2D eigenvalue weighted by Crippen LogP contribution is -2.31. The first-order valence-electron chi connectivity index (χ1n) is 7.85. The Morgan fingerprint density at radius 1 is 1.17 bits per heavy atom. The summed E-state index contributed by atoms with van der Waals surface area (Å²) in [6.45, 7) is 2.04. The van der Waals surface area contributed by atoms with Crippen molar-refractivity contribution in [3.8, 4) is 0 Å². The van der Waals surface area contributed by atoms with Gasteiger partial charge in [0.25, 0.3) is 5.91 Å². The fourth-order valence-electron chi connectivity index (χ4n) is 3.38. The van der Waals surface area contributed by atoms with Gasteiger partial charge in [0.1, 0.15) is 0 Å². The van der Waals surface area contributed by atoms with Crippen LogP contribution in [0.3, 0.4) is 0 Å². The van der Waals surface area contributed by atoms with Gasteiger partial charge >= 0.3 is 0 Å². The van der Waals surface area contributed by atoms with E-state index in [2.05, 4.69) is 10.6 Å². The molecule has 1 atom stereocenters. The molecule has 2 amide bonds. The van der Waals surface area contributed by atoms with E-state index >= 15 is 0 Å². The van der Waals surface area contributed by atoms with Crippen LogP contribution in [-0.4, -0.2) is 43.9 Å². The summed E-state index contributed by atoms with van der Waals surface area (Å²) in [7, 11) is 3.45. The Kier molecular flexibility index (Phi) is 5.32. The highest BCUT2D eigenvalue weighted by Crippen LogP contribution is 2.58. The monoisotopic (exact) mass is 337 g/mol. The first-order valence-corrected chi connectivity index (χ1v) is 7.85. The molecule has 5 nitrogen and oxygen atoms in total. The number of amides is 2. The van der Waals surface area contributed by atoms with Gasteiger partial charge < -0.3 is 15.5 Å². The molecule has 0 bridgehead atoms. The van der Waals surface area contributed by atoms with Crippen LogP contribution in [0.4, 0.5) is 5.69 Å². The molecule has 1 aliphatic heterocycles. The van der Waals surface area contributed by atoms with Gasteiger partial charge in [0, 0.05) is 31.3 Å². The zero-order valence-electron chi connectivity index (χ0n) is 13.6. The molecular formula is C17H24ClN3O2. The van der Waals surface area contributed by atoms with E-state index in [9.17, 15) is 9.59 Å². The minimum Gasteiger partial charge on any atom is -0.345 e. The number of hydrogen-bond donors (Lipinski definition) is 2. The number of carbonyl (C=O) groups excluding carboxylic acids is 2. The number of rotatable bonds is 3. The third kappa shape index (κ3) is 3.67. The normalized spacial score (nSPS) is 21.2. The highest BCUT2D eigenvalue weighted by molar-refractivity contribution is 5.97. The first kappa shape index (κ1) is 17.8. The molecule has 2 aliphatic rings. The third-order valence-corrected chi connectivity index (χ3v) is 4.91. The van der Waals surface area contributed by atoms with Gasteiger partial charge in [-0.1, -0.05) is 0 Å². The summed E-state index contributed by atoms with van der Waals surface area (Å²) in [5.41, 5.74) is 1.64. The van der Waals surface area contributed by atoms with E-state index in [4.69, 9.17) is 0 Å². The fourth-order valence-corrected chi connectivity index (χ4v) is 3.38. The summed E-state index contributed by atoms with van der Waals surface area (Å²) < 4.78 is 0. The molecule has 1 spiro atoms. The van der Waals surface area contributed by atoms with Crippen molar-refractivity contribution in [2.75, 3.05) is 32.5 Å². The molecule has 1 heterocycles. The molecule has 1 saturated heterocycles. The van der Waals surface area contributed by atoms with Crippen LogP contribution in [0, 0.1) is 11.3 Å². The Morgan fingerprint density at radius 3 is 2.35 bits per heavy atom. The minimum absolute atomic E-state index is 0. The highest BCUT2D eigenvalue weighted by atomic mass is 35.5. The second-order valence-electron chi connectivity index (χ2n) is 6.64. The van der Waals surface area contributed by atoms with E-state index < -0.39 is 0 Å². The van der Waals surface area contributed by atoms with Gasteiger partial charge in [-0.05, 0) is 62.0 Å². The van der Waals surface area contributed by atoms with E-state index in [0.29, 0.717) is 5.56 Å². The zero-order chi connectivity index (χ0) is 15.7. The number of anilines is 1. The summed E-state index contributed by atoms with van der Waals surface area (Å²) in [6, 6.07) is 7.11. The Bertz CT molecular complexity index is 580. The van der Waals surface area contributed by atoms with Gasteiger partial charge in [-0.25, -0.2) is 0 Å². The largest absolute Gasteiger partial charge is 0.345 e. The zero-order valence-corrected chi connectivity index (χ0v) is 14.4. The van der Waals surface area contributed by atoms with Crippen LogP contribution < -0.4 is 10.6 Å². The molecule has 0 radical (unpaired) electrons. The van der Waals surface area contributed by atoms with Gasteiger partial charge in [-0.3, -0.25) is 9.59 Å². The lowest BCUT2D eigenvalue weighted by molar-refractivity contribution is -0.118. The Hall–Kier alpha value is -1.59. The van der Waals surface area contributed by atoms with Gasteiger partial charge in [-0.2, -0.15) is 0 Å². The highest BCUT2D eigenvalue weighted by Gasteiger charge is 2.57. The standard InChI is InChI=1S/C17H23N3O2.ClH/c1-20(2)16(22)12-3-5-13(6-4-12)19-15(21)14-11-17(14)7-9-18-10-8-17;/h3-6,14,18H,7-11H2,1-2H3,(H,19,21);1H. The summed E-state index contributed by atoms with van der Waals surface area (Å²) in [4.78, 5) is 25.7. The van der Waals surface area contributed by atoms with E-state index in [1.807, 2.05) is 0 Å². The smallest absolute Gasteiger partial charge is 0.253 e. The molecule has 126 valence electrons. The Balaban J connectivity index is 0.00000192. The molecule has 3 rings (SSSR count). The van der Waals surface area contributed by atoms with Crippen molar-refractivity contribution in [3.63, 3.8) is 0 Å². The maximum absolute atomic E-state index is 12.4. The minimum atomic E-state index is -0.0336. The SMILES string of the molecule is CN(C)C(=O)c1ccc(NC(=O)C2CC23CCNCC3)cc1.Cl. The van der Waals surface area contributed by atoms with Crippen molar-refractivity contribution in [1.29, 1.82) is 0 Å². The first-order chi connectivity index (χ1) is 10.5. The fraction of sp³-hybridized carbons (Fsp3) is 0.529. The van der Waals surface area contributed by atoms with Crippen LogP contribution in [0.5, 0.6) is 0 Å². The van der Waals surface area contributed by atoms with Crippen molar-refractivity contribution in [2.45, 2.75) is 19.3 Å². The lowest BCUT2D eigenvalue weighted by atomic mass is 9.92. The number of hydrogen-bond acceptors (Lipinski definition) is 3. The van der Waals surface area contributed by atoms with E-state index in [0.717, 1.165) is 38.0 Å². The molecule has 6 heteroatoms. The van der Waals surface area contributed by atoms with Crippen molar-refractivity contribution in [2.24, 2.45) is 11.3 Å². The molecule has 2 fully saturated rings. The molecule has 2 N–H and O–H groups in total. The summed E-state index contributed by atoms with van der Waals surface area (Å²) in [5.74, 6) is 0.236. The van der Waals surface area contributed by atoms with Gasteiger partial charge in [0.15, 0.2) is 0 Å². The third-order valence-electron chi connectivity index (χ3n) is 4.91. The van der Waals surface area contributed by atoms with E-state index in [-0.39, 0.29) is 35.6 Å². The van der Waals surface area contributed by atoms with Crippen molar-refractivity contribution in [1.82, 2.24) is 10.2 Å². The summed E-state index contributed by atoms with van der Waals surface area (Å²) in [6.07, 6.45) is 3.21. The summed E-state index contributed by atoms with van der Waals surface area (Å²) in [5, 5.41) is 6.33. The van der Waals surface area contributed by atoms with Crippen molar-refractivity contribution in [3.05, 3.63) is 29.8 Å². The predicted molar refractivity (Wildman–Crippen MR) is 93.0 cm³/mol. The molecule has 1 unspecified atom stereocenters. The molecule has 0 aromatic heterocycles. The predicted octanol–water partition coefficient (Wildman–Crippen LogP) is 2.14. The van der Waals surface area contributed by atoms with Gasteiger partial charge in [0.05, 0.1) is 0 Å². The van der Waals surface area contributed by atoms with Crippen molar-refractivity contribution >= 4 is 29.9 Å². The van der Waals surface area contributed by atoms with Crippen LogP contribution in [0.25, 0.3) is 0 Å². The van der Waals surface area contributed by atoms with Gasteiger partial charge in [0.2, 0.25) is 5.91 Å². The number of halogens is 1. The molecule has 1 aromatic carbocycles. The van der Waals surface area contributed by atoms with Crippen LogP contribution in [0.15, 0.2) is 24.3 Å². The number of nitrogens with one attached hydrogen (secondary N) is 2. The molecule has 1 aliphatic carbocycles. The number of nitrogens with zero attached hydrogens (tertiary/aromatic N) is 1. The molecule has 1 saturated carbocycles. The number of carbonyl (C=O) groups is 2. The Labute approximate surface area is 143 Å². The Morgan fingerprint density at radius 2 is 1.78 bits per heavy atom. The van der Waals surface area contributed by atoms with E-state index in [1.54, 1.807) is 43.3 Å². The average molecular weight is 338 g/mol. The lowest BCUT2D eigenvalue weighted by Gasteiger charge is -2.23. The van der Waals surface area contributed by atoms with E-state index in [1.165, 1.54) is 0 Å². The van der Waals surface area contributed by atoms with Crippen LogP contribution in [-0.2, 0) is 4.79 Å². The van der Waals surface area contributed by atoms with Crippen LogP contribution >= 0.6 is 12.4 Å². The van der Waals surface area contributed by atoms with Crippen LogP contribution in [0.1, 0.15) is 29.6 Å². The number of benzene rings is 1. The maximum Gasteiger partial charge on any atom is 0.253 e. The number of piperidine rings is 1.